The van der Waals surface area contributed by atoms with Crippen LogP contribution in [-0.2, 0) is 0 Å². The molecule has 0 amide bonds. The number of nitrogens with one attached hydrogen (secondary N) is 2. The van der Waals surface area contributed by atoms with Crippen LogP contribution in [0.4, 0.5) is 5.82 Å². The van der Waals surface area contributed by atoms with Crippen molar-refractivity contribution in [2.24, 2.45) is 5.92 Å². The zero-order valence-electron chi connectivity index (χ0n) is 16.6. The Balaban J connectivity index is 1.41. The fourth-order valence-corrected chi connectivity index (χ4v) is 3.97. The largest absolute Gasteiger partial charge is 0.493 e. The minimum absolute atomic E-state index is 0.586. The van der Waals surface area contributed by atoms with Crippen molar-refractivity contribution in [1.29, 1.82) is 0 Å². The van der Waals surface area contributed by atoms with E-state index in [-0.39, 0.29) is 0 Å². The van der Waals surface area contributed by atoms with Gasteiger partial charge in [-0.25, -0.2) is 14.6 Å². The molecule has 2 aromatic heterocycles. The summed E-state index contributed by atoms with van der Waals surface area (Å²) in [5, 5.41) is 7.64. The quantitative estimate of drug-likeness (QED) is 0.569. The maximum atomic E-state index is 5.46. The van der Waals surface area contributed by atoms with Crippen LogP contribution in [0.2, 0.25) is 0 Å². The van der Waals surface area contributed by atoms with Gasteiger partial charge in [0, 0.05) is 31.1 Å². The molecule has 0 aliphatic carbocycles. The molecule has 4 rings (SSSR count). The number of nitrogens with zero attached hydrogens (tertiary/aromatic N) is 5. The maximum absolute atomic E-state index is 5.46. The molecule has 0 saturated carbocycles. The normalized spacial score (nSPS) is 14.9. The van der Waals surface area contributed by atoms with Gasteiger partial charge in [-0.05, 0) is 43.5 Å². The van der Waals surface area contributed by atoms with Gasteiger partial charge in [-0.3, -0.25) is 5.10 Å². The number of ether oxygens (including phenoxy) is 2. The SMILES string of the molecule is COc1cc2ncnc(N3CCC(CCNn4cn[nH]c4=S)CC3)c2cc1OC. The Labute approximate surface area is 174 Å². The van der Waals surface area contributed by atoms with E-state index >= 15 is 0 Å². The highest BCUT2D eigenvalue weighted by Crippen LogP contribution is 2.35. The highest BCUT2D eigenvalue weighted by Gasteiger charge is 2.22. The summed E-state index contributed by atoms with van der Waals surface area (Å²) >= 11 is 5.14. The van der Waals surface area contributed by atoms with E-state index in [4.69, 9.17) is 21.7 Å². The molecule has 0 atom stereocenters. The predicted octanol–water partition coefficient (Wildman–Crippen LogP) is 2.75. The van der Waals surface area contributed by atoms with Crippen molar-refractivity contribution < 1.29 is 9.47 Å². The monoisotopic (exact) mass is 415 g/mol. The fourth-order valence-electron chi connectivity index (χ4n) is 3.80. The number of piperidine rings is 1. The lowest BCUT2D eigenvalue weighted by Crippen LogP contribution is -2.35. The first-order chi connectivity index (χ1) is 14.2. The number of aromatic amines is 1. The molecule has 154 valence electrons. The second kappa shape index (κ2) is 8.64. The summed E-state index contributed by atoms with van der Waals surface area (Å²) in [4.78, 5) is 11.3. The molecule has 0 spiro atoms. The summed E-state index contributed by atoms with van der Waals surface area (Å²) in [6, 6.07) is 3.87. The van der Waals surface area contributed by atoms with Crippen LogP contribution in [-0.4, -0.2) is 58.7 Å². The van der Waals surface area contributed by atoms with Crippen LogP contribution in [0.3, 0.4) is 0 Å². The van der Waals surface area contributed by atoms with Crippen LogP contribution < -0.4 is 19.8 Å². The van der Waals surface area contributed by atoms with Crippen LogP contribution in [0.1, 0.15) is 19.3 Å². The number of hydrogen-bond donors (Lipinski definition) is 2. The number of anilines is 1. The molecule has 1 aliphatic rings. The van der Waals surface area contributed by atoms with Crippen molar-refractivity contribution in [1.82, 2.24) is 24.8 Å². The molecule has 1 aliphatic heterocycles. The molecule has 2 N–H and O–H groups in total. The number of aromatic nitrogens is 5. The van der Waals surface area contributed by atoms with Crippen molar-refractivity contribution in [2.45, 2.75) is 19.3 Å². The molecule has 9 nitrogen and oxygen atoms in total. The molecule has 1 aromatic carbocycles. The molecular formula is C19H25N7O2S. The summed E-state index contributed by atoms with van der Waals surface area (Å²) in [6.45, 7) is 2.80. The first-order valence-corrected chi connectivity index (χ1v) is 10.1. The molecule has 0 unspecified atom stereocenters. The Morgan fingerprint density at radius 1 is 1.17 bits per heavy atom. The molecule has 10 heteroatoms. The number of methoxy groups -OCH3 is 2. The van der Waals surface area contributed by atoms with Gasteiger partial charge in [0.2, 0.25) is 4.77 Å². The highest BCUT2D eigenvalue weighted by molar-refractivity contribution is 7.71. The third-order valence-corrected chi connectivity index (χ3v) is 5.71. The zero-order valence-corrected chi connectivity index (χ0v) is 17.4. The van der Waals surface area contributed by atoms with E-state index in [9.17, 15) is 0 Å². The van der Waals surface area contributed by atoms with Crippen LogP contribution in [0.15, 0.2) is 24.8 Å². The van der Waals surface area contributed by atoms with Crippen LogP contribution in [0, 0.1) is 10.7 Å². The lowest BCUT2D eigenvalue weighted by Gasteiger charge is -2.33. The van der Waals surface area contributed by atoms with Gasteiger partial charge in [-0.15, -0.1) is 0 Å². The number of fused-ring (bicyclic) bond motifs is 1. The van der Waals surface area contributed by atoms with Gasteiger partial charge in [0.1, 0.15) is 18.5 Å². The van der Waals surface area contributed by atoms with Crippen molar-refractivity contribution in [3.05, 3.63) is 29.6 Å². The number of H-pyrrole nitrogens is 1. The summed E-state index contributed by atoms with van der Waals surface area (Å²) in [5.41, 5.74) is 4.15. The molecule has 0 bridgehead atoms. The molecular weight excluding hydrogens is 390 g/mol. The van der Waals surface area contributed by atoms with Gasteiger partial charge in [0.25, 0.3) is 0 Å². The smallest absolute Gasteiger partial charge is 0.214 e. The third-order valence-electron chi connectivity index (χ3n) is 5.42. The van der Waals surface area contributed by atoms with Gasteiger partial charge in [-0.2, -0.15) is 5.10 Å². The van der Waals surface area contributed by atoms with Gasteiger partial charge < -0.3 is 19.8 Å². The van der Waals surface area contributed by atoms with Crippen molar-refractivity contribution in [2.75, 3.05) is 44.2 Å². The number of hydrogen-bond acceptors (Lipinski definition) is 8. The van der Waals surface area contributed by atoms with E-state index in [0.717, 1.165) is 55.6 Å². The lowest BCUT2D eigenvalue weighted by molar-refractivity contribution is 0.355. The second-order valence-electron chi connectivity index (χ2n) is 7.08. The molecule has 0 radical (unpaired) electrons. The Kier molecular flexibility index (Phi) is 5.79. The van der Waals surface area contributed by atoms with E-state index in [2.05, 4.69) is 30.5 Å². The Morgan fingerprint density at radius 3 is 2.62 bits per heavy atom. The third kappa shape index (κ3) is 4.12. The molecule has 3 aromatic rings. The van der Waals surface area contributed by atoms with E-state index in [1.807, 2.05) is 12.1 Å². The topological polar surface area (TPSA) is 93.1 Å². The van der Waals surface area contributed by atoms with Gasteiger partial charge >= 0.3 is 0 Å². The summed E-state index contributed by atoms with van der Waals surface area (Å²) < 4.78 is 13.2. The Hall–Kier alpha value is -2.88. The average molecular weight is 416 g/mol. The van der Waals surface area contributed by atoms with Crippen molar-refractivity contribution in [3.8, 4) is 11.5 Å². The Bertz CT molecular complexity index is 1030. The van der Waals surface area contributed by atoms with E-state index in [1.54, 1.807) is 31.6 Å². The maximum Gasteiger partial charge on any atom is 0.214 e. The number of rotatable bonds is 7. The Morgan fingerprint density at radius 2 is 1.93 bits per heavy atom. The van der Waals surface area contributed by atoms with E-state index in [0.29, 0.717) is 22.2 Å². The summed E-state index contributed by atoms with van der Waals surface area (Å²) in [7, 11) is 3.27. The minimum atomic E-state index is 0.586. The van der Waals surface area contributed by atoms with E-state index < -0.39 is 0 Å². The lowest BCUT2D eigenvalue weighted by atomic mass is 9.93. The predicted molar refractivity (Wildman–Crippen MR) is 114 cm³/mol. The zero-order chi connectivity index (χ0) is 20.2. The van der Waals surface area contributed by atoms with Gasteiger partial charge in [0.15, 0.2) is 11.5 Å². The molecule has 1 saturated heterocycles. The highest BCUT2D eigenvalue weighted by atomic mass is 32.1. The van der Waals surface area contributed by atoms with E-state index in [1.165, 1.54) is 0 Å². The summed E-state index contributed by atoms with van der Waals surface area (Å²) in [6.07, 6.45) is 6.62. The molecule has 3 heterocycles. The van der Waals surface area contributed by atoms with Crippen LogP contribution in [0.25, 0.3) is 10.9 Å². The first-order valence-electron chi connectivity index (χ1n) is 9.67. The summed E-state index contributed by atoms with van der Waals surface area (Å²) in [5.74, 6) is 2.99. The minimum Gasteiger partial charge on any atom is -0.493 e. The number of benzene rings is 1. The van der Waals surface area contributed by atoms with Crippen LogP contribution >= 0.6 is 12.2 Å². The van der Waals surface area contributed by atoms with Crippen molar-refractivity contribution >= 4 is 28.9 Å². The fraction of sp³-hybridized carbons (Fsp3) is 0.474. The first kappa shape index (κ1) is 19.4. The molecule has 1 fully saturated rings. The average Bonchev–Trinajstić information content (AvgIpc) is 3.17. The molecule has 29 heavy (non-hydrogen) atoms. The second-order valence-corrected chi connectivity index (χ2v) is 7.47. The van der Waals surface area contributed by atoms with Crippen LogP contribution in [0.5, 0.6) is 11.5 Å². The standard InChI is InChI=1S/C19H25N7O2S/c1-27-16-9-14-15(10-17(16)28-2)20-11-21-18(14)25-7-4-13(5-8-25)3-6-23-26-12-22-24-19(26)29/h9-13,23H,3-8H2,1-2H3,(H,24,29). The van der Waals surface area contributed by atoms with Crippen molar-refractivity contribution in [3.63, 3.8) is 0 Å². The van der Waals surface area contributed by atoms with Gasteiger partial charge in [-0.1, -0.05) is 0 Å². The van der Waals surface area contributed by atoms with Gasteiger partial charge in [0.05, 0.1) is 19.7 Å².